The van der Waals surface area contributed by atoms with Gasteiger partial charge >= 0.3 is 0 Å². The van der Waals surface area contributed by atoms with Crippen LogP contribution in [0.25, 0.3) is 10.9 Å². The number of ketones is 1. The van der Waals surface area contributed by atoms with E-state index in [0.717, 1.165) is 16.5 Å². The topological polar surface area (TPSA) is 39.2 Å². The number of hydrogen-bond donors (Lipinski definition) is 0. The summed E-state index contributed by atoms with van der Waals surface area (Å²) in [6, 6.07) is 17.3. The highest BCUT2D eigenvalue weighted by molar-refractivity contribution is 5.95. The van der Waals surface area contributed by atoms with Gasteiger partial charge in [0.2, 0.25) is 0 Å². The highest BCUT2D eigenvalue weighted by atomic mass is 16.5. The van der Waals surface area contributed by atoms with E-state index < -0.39 is 0 Å². The summed E-state index contributed by atoms with van der Waals surface area (Å²) in [4.78, 5) is 15.9. The molecular formula is C18H15NO2. The number of para-hydroxylation sites is 1. The molecule has 0 aliphatic heterocycles. The van der Waals surface area contributed by atoms with Gasteiger partial charge in [0.15, 0.2) is 5.78 Å². The van der Waals surface area contributed by atoms with Crippen molar-refractivity contribution in [1.29, 1.82) is 0 Å². The SMILES string of the molecule is CC(=O)c1ccccc1COc1cnc2ccccc2c1. The van der Waals surface area contributed by atoms with E-state index in [0.29, 0.717) is 17.9 Å². The lowest BCUT2D eigenvalue weighted by Crippen LogP contribution is -2.03. The van der Waals surface area contributed by atoms with Crippen LogP contribution in [0, 0.1) is 0 Å². The van der Waals surface area contributed by atoms with E-state index in [1.54, 1.807) is 13.1 Å². The number of carbonyl (C=O) groups is 1. The fourth-order valence-corrected chi connectivity index (χ4v) is 2.28. The minimum atomic E-state index is 0.0471. The molecule has 2 aromatic carbocycles. The van der Waals surface area contributed by atoms with Crippen LogP contribution in [-0.2, 0) is 6.61 Å². The predicted molar refractivity (Wildman–Crippen MR) is 82.5 cm³/mol. The van der Waals surface area contributed by atoms with Crippen LogP contribution in [0.2, 0.25) is 0 Å². The van der Waals surface area contributed by atoms with Gasteiger partial charge in [-0.15, -0.1) is 0 Å². The van der Waals surface area contributed by atoms with Crippen molar-refractivity contribution < 1.29 is 9.53 Å². The molecule has 3 aromatic rings. The smallest absolute Gasteiger partial charge is 0.160 e. The third-order valence-electron chi connectivity index (χ3n) is 3.36. The number of ether oxygens (including phenoxy) is 1. The van der Waals surface area contributed by atoms with Crippen molar-refractivity contribution in [2.45, 2.75) is 13.5 Å². The molecule has 0 spiro atoms. The lowest BCUT2D eigenvalue weighted by Gasteiger charge is -2.09. The van der Waals surface area contributed by atoms with E-state index in [1.165, 1.54) is 0 Å². The van der Waals surface area contributed by atoms with Crippen LogP contribution in [-0.4, -0.2) is 10.8 Å². The van der Waals surface area contributed by atoms with Gasteiger partial charge in [-0.05, 0) is 19.1 Å². The van der Waals surface area contributed by atoms with Gasteiger partial charge in [-0.3, -0.25) is 9.78 Å². The Morgan fingerprint density at radius 2 is 1.86 bits per heavy atom. The lowest BCUT2D eigenvalue weighted by molar-refractivity contribution is 0.101. The molecule has 1 heterocycles. The summed E-state index contributed by atoms with van der Waals surface area (Å²) < 4.78 is 5.78. The number of Topliss-reactive ketones (excluding diaryl/α,β-unsaturated/α-hetero) is 1. The molecule has 3 rings (SSSR count). The first-order valence-corrected chi connectivity index (χ1v) is 6.80. The second-order valence-electron chi connectivity index (χ2n) is 4.87. The maximum Gasteiger partial charge on any atom is 0.160 e. The first kappa shape index (κ1) is 13.3. The first-order chi connectivity index (χ1) is 10.2. The van der Waals surface area contributed by atoms with Crippen LogP contribution in [0.1, 0.15) is 22.8 Å². The number of hydrogen-bond acceptors (Lipinski definition) is 3. The van der Waals surface area contributed by atoms with Gasteiger partial charge in [0.05, 0.1) is 11.7 Å². The third kappa shape index (κ3) is 2.92. The highest BCUT2D eigenvalue weighted by Gasteiger charge is 2.07. The molecule has 3 nitrogen and oxygen atoms in total. The molecule has 0 unspecified atom stereocenters. The van der Waals surface area contributed by atoms with Gasteiger partial charge in [-0.2, -0.15) is 0 Å². The van der Waals surface area contributed by atoms with Gasteiger partial charge in [-0.25, -0.2) is 0 Å². The molecule has 0 aliphatic carbocycles. The predicted octanol–water partition coefficient (Wildman–Crippen LogP) is 4.02. The number of fused-ring (bicyclic) bond motifs is 1. The summed E-state index contributed by atoms with van der Waals surface area (Å²) in [5.74, 6) is 0.748. The number of carbonyl (C=O) groups excluding carboxylic acids is 1. The Bertz CT molecular complexity index is 796. The summed E-state index contributed by atoms with van der Waals surface area (Å²) in [7, 11) is 0. The summed E-state index contributed by atoms with van der Waals surface area (Å²) in [5, 5.41) is 1.04. The van der Waals surface area contributed by atoms with Crippen LogP contribution < -0.4 is 4.74 Å². The zero-order valence-corrected chi connectivity index (χ0v) is 11.7. The molecule has 0 atom stereocenters. The van der Waals surface area contributed by atoms with Gasteiger partial charge in [0.25, 0.3) is 0 Å². The molecular weight excluding hydrogens is 262 g/mol. The number of rotatable bonds is 4. The molecule has 0 aliphatic rings. The Balaban J connectivity index is 1.82. The molecule has 0 bridgehead atoms. The molecule has 1 aromatic heterocycles. The zero-order valence-electron chi connectivity index (χ0n) is 11.7. The fraction of sp³-hybridized carbons (Fsp3) is 0.111. The van der Waals surface area contributed by atoms with Crippen LogP contribution in [0.5, 0.6) is 5.75 Å². The maximum absolute atomic E-state index is 11.6. The van der Waals surface area contributed by atoms with E-state index in [2.05, 4.69) is 4.98 Å². The van der Waals surface area contributed by atoms with Crippen LogP contribution in [0.4, 0.5) is 0 Å². The normalized spacial score (nSPS) is 10.5. The average molecular weight is 277 g/mol. The molecule has 0 saturated heterocycles. The highest BCUT2D eigenvalue weighted by Crippen LogP contribution is 2.19. The van der Waals surface area contributed by atoms with Gasteiger partial charge in [0, 0.05) is 16.5 Å². The molecule has 0 fully saturated rings. The van der Waals surface area contributed by atoms with Crippen molar-refractivity contribution in [3.05, 3.63) is 71.9 Å². The Labute approximate surface area is 123 Å². The van der Waals surface area contributed by atoms with E-state index >= 15 is 0 Å². The zero-order chi connectivity index (χ0) is 14.7. The summed E-state index contributed by atoms with van der Waals surface area (Å²) in [5.41, 5.74) is 2.53. The van der Waals surface area contributed by atoms with Crippen molar-refractivity contribution in [3.63, 3.8) is 0 Å². The summed E-state index contributed by atoms with van der Waals surface area (Å²) in [6.07, 6.45) is 1.71. The minimum absolute atomic E-state index is 0.0471. The third-order valence-corrected chi connectivity index (χ3v) is 3.36. The maximum atomic E-state index is 11.6. The van der Waals surface area contributed by atoms with E-state index in [9.17, 15) is 4.79 Å². The molecule has 104 valence electrons. The van der Waals surface area contributed by atoms with E-state index in [4.69, 9.17) is 4.74 Å². The molecule has 0 radical (unpaired) electrons. The standard InChI is InChI=1S/C18H15NO2/c1-13(20)17-8-4-2-7-15(17)12-21-16-10-14-6-3-5-9-18(14)19-11-16/h2-11H,12H2,1H3. The lowest BCUT2D eigenvalue weighted by atomic mass is 10.1. The van der Waals surface area contributed by atoms with E-state index in [-0.39, 0.29) is 5.78 Å². The summed E-state index contributed by atoms with van der Waals surface area (Å²) in [6.45, 7) is 1.92. The average Bonchev–Trinajstić information content (AvgIpc) is 2.53. The molecule has 0 amide bonds. The molecule has 0 N–H and O–H groups in total. The van der Waals surface area contributed by atoms with Gasteiger partial charge < -0.3 is 4.74 Å². The van der Waals surface area contributed by atoms with Crippen molar-refractivity contribution in [3.8, 4) is 5.75 Å². The van der Waals surface area contributed by atoms with E-state index in [1.807, 2.05) is 54.6 Å². The van der Waals surface area contributed by atoms with Gasteiger partial charge in [-0.1, -0.05) is 42.5 Å². The largest absolute Gasteiger partial charge is 0.487 e. The van der Waals surface area contributed by atoms with Crippen LogP contribution >= 0.6 is 0 Å². The Morgan fingerprint density at radius 3 is 2.71 bits per heavy atom. The van der Waals surface area contributed by atoms with Crippen LogP contribution in [0.15, 0.2) is 60.8 Å². The Hall–Kier alpha value is -2.68. The molecule has 0 saturated carbocycles. The fourth-order valence-electron chi connectivity index (χ4n) is 2.28. The van der Waals surface area contributed by atoms with Crippen molar-refractivity contribution in [2.75, 3.05) is 0 Å². The molecule has 3 heteroatoms. The minimum Gasteiger partial charge on any atom is -0.487 e. The number of nitrogens with zero attached hydrogens (tertiary/aromatic N) is 1. The van der Waals surface area contributed by atoms with Crippen molar-refractivity contribution in [1.82, 2.24) is 4.98 Å². The molecule has 21 heavy (non-hydrogen) atoms. The first-order valence-electron chi connectivity index (χ1n) is 6.80. The van der Waals surface area contributed by atoms with Gasteiger partial charge in [0.1, 0.15) is 12.4 Å². The second-order valence-corrected chi connectivity index (χ2v) is 4.87. The van der Waals surface area contributed by atoms with Crippen molar-refractivity contribution in [2.24, 2.45) is 0 Å². The second kappa shape index (κ2) is 5.75. The Morgan fingerprint density at radius 1 is 1.10 bits per heavy atom. The number of pyridine rings is 1. The summed E-state index contributed by atoms with van der Waals surface area (Å²) >= 11 is 0. The Kier molecular flexibility index (Phi) is 3.65. The van der Waals surface area contributed by atoms with Crippen molar-refractivity contribution >= 4 is 16.7 Å². The van der Waals surface area contributed by atoms with Crippen LogP contribution in [0.3, 0.4) is 0 Å². The number of aromatic nitrogens is 1. The quantitative estimate of drug-likeness (QED) is 0.676. The monoisotopic (exact) mass is 277 g/mol. The number of benzene rings is 2.